The fourth-order valence-electron chi connectivity index (χ4n) is 1.83. The van der Waals surface area contributed by atoms with Gasteiger partial charge in [0.05, 0.1) is 6.10 Å². The Kier molecular flexibility index (Phi) is 0.853. The third-order valence-corrected chi connectivity index (χ3v) is 2.45. The fourth-order valence-corrected chi connectivity index (χ4v) is 1.83. The summed E-state index contributed by atoms with van der Waals surface area (Å²) in [5, 5.41) is 0. The van der Waals surface area contributed by atoms with Crippen LogP contribution < -0.4 is 0 Å². The van der Waals surface area contributed by atoms with E-state index >= 15 is 0 Å². The van der Waals surface area contributed by atoms with E-state index in [-0.39, 0.29) is 11.9 Å². The van der Waals surface area contributed by atoms with Crippen LogP contribution in [0.25, 0.3) is 0 Å². The van der Waals surface area contributed by atoms with Crippen molar-refractivity contribution in [2.24, 2.45) is 0 Å². The molecule has 0 unspecified atom stereocenters. The number of fused-ring (bicyclic) bond motifs is 3. The number of benzene rings is 1. The smallest absolute Gasteiger partial charge is 0.126 e. The molecule has 1 saturated heterocycles. The van der Waals surface area contributed by atoms with Crippen LogP contribution in [0.3, 0.4) is 0 Å². The molecule has 1 aromatic carbocycles. The second-order valence-corrected chi connectivity index (χ2v) is 3.11. The monoisotopic (exact) mass is 150 g/mol. The molecule has 1 fully saturated rings. The Morgan fingerprint density at radius 3 is 3.18 bits per heavy atom. The maximum Gasteiger partial charge on any atom is 0.126 e. The van der Waals surface area contributed by atoms with Crippen LogP contribution in [0.5, 0.6) is 0 Å². The molecule has 2 atom stereocenters. The van der Waals surface area contributed by atoms with Gasteiger partial charge in [0.2, 0.25) is 0 Å². The first-order valence-electron chi connectivity index (χ1n) is 3.79. The summed E-state index contributed by atoms with van der Waals surface area (Å²) in [6.07, 6.45) is 1.29. The molecule has 0 amide bonds. The van der Waals surface area contributed by atoms with Crippen molar-refractivity contribution in [1.82, 2.24) is 0 Å². The Bertz CT molecular complexity index is 321. The Balaban J connectivity index is 2.24. The minimum atomic E-state index is -0.0710. The Morgan fingerprint density at radius 1 is 1.45 bits per heavy atom. The van der Waals surface area contributed by atoms with Crippen molar-refractivity contribution in [3.8, 4) is 0 Å². The molecule has 1 aromatic rings. The summed E-state index contributed by atoms with van der Waals surface area (Å²) < 4.78 is 18.3. The topological polar surface area (TPSA) is 12.5 Å². The van der Waals surface area contributed by atoms with Crippen molar-refractivity contribution in [2.75, 3.05) is 0 Å². The summed E-state index contributed by atoms with van der Waals surface area (Å²) in [6, 6.07) is 5.22. The van der Waals surface area contributed by atoms with Crippen molar-refractivity contribution in [1.29, 1.82) is 0 Å². The van der Waals surface area contributed by atoms with Crippen LogP contribution in [0.2, 0.25) is 0 Å². The van der Waals surface area contributed by atoms with Crippen LogP contribution in [-0.4, -0.2) is 6.10 Å². The van der Waals surface area contributed by atoms with Gasteiger partial charge in [0.15, 0.2) is 0 Å². The normalized spacial score (nSPS) is 31.4. The molecule has 0 spiro atoms. The quantitative estimate of drug-likeness (QED) is 0.514. The van der Waals surface area contributed by atoms with Gasteiger partial charge < -0.3 is 4.74 Å². The van der Waals surface area contributed by atoms with Gasteiger partial charge in [-0.3, -0.25) is 0 Å². The average Bonchev–Trinajstić information content (AvgIpc) is 2.67. The first-order valence-corrected chi connectivity index (χ1v) is 3.79. The van der Waals surface area contributed by atoms with Crippen molar-refractivity contribution >= 4 is 0 Å². The molecule has 2 heteroatoms. The lowest BCUT2D eigenvalue weighted by Gasteiger charge is -2.01. The molecule has 3 rings (SSSR count). The van der Waals surface area contributed by atoms with E-state index in [1.807, 2.05) is 6.07 Å². The molecule has 0 radical (unpaired) electrons. The molecule has 56 valence electrons. The van der Waals surface area contributed by atoms with Crippen molar-refractivity contribution in [3.05, 3.63) is 35.1 Å². The second kappa shape index (κ2) is 1.64. The largest absolute Gasteiger partial charge is 0.364 e. The molecule has 1 aliphatic carbocycles. The summed E-state index contributed by atoms with van der Waals surface area (Å²) >= 11 is 0. The highest BCUT2D eigenvalue weighted by Crippen LogP contribution is 2.49. The zero-order valence-corrected chi connectivity index (χ0v) is 5.88. The SMILES string of the molecule is Fc1cccc2c1C[C@H]1O[C@@H]21. The minimum absolute atomic E-state index is 0.0710. The van der Waals surface area contributed by atoms with Gasteiger partial charge in [-0.05, 0) is 17.2 Å². The van der Waals surface area contributed by atoms with E-state index in [1.165, 1.54) is 6.07 Å². The van der Waals surface area contributed by atoms with Gasteiger partial charge in [-0.1, -0.05) is 12.1 Å². The molecule has 1 nitrogen and oxygen atoms in total. The molecular formula is C9H7FO. The summed E-state index contributed by atoms with van der Waals surface area (Å²) in [7, 11) is 0. The van der Waals surface area contributed by atoms with Crippen LogP contribution in [0.1, 0.15) is 17.2 Å². The second-order valence-electron chi connectivity index (χ2n) is 3.11. The number of hydrogen-bond donors (Lipinski definition) is 0. The van der Waals surface area contributed by atoms with Crippen molar-refractivity contribution in [3.63, 3.8) is 0 Å². The van der Waals surface area contributed by atoms with Crippen molar-refractivity contribution in [2.45, 2.75) is 18.6 Å². The average molecular weight is 150 g/mol. The van der Waals surface area contributed by atoms with Crippen LogP contribution in [-0.2, 0) is 11.2 Å². The van der Waals surface area contributed by atoms with Crippen LogP contribution in [0, 0.1) is 5.82 Å². The van der Waals surface area contributed by atoms with Gasteiger partial charge in [-0.2, -0.15) is 0 Å². The Morgan fingerprint density at radius 2 is 2.36 bits per heavy atom. The van der Waals surface area contributed by atoms with Crippen LogP contribution >= 0.6 is 0 Å². The fraction of sp³-hybridized carbons (Fsp3) is 0.333. The van der Waals surface area contributed by atoms with Crippen molar-refractivity contribution < 1.29 is 9.13 Å². The molecule has 0 aromatic heterocycles. The van der Waals surface area contributed by atoms with Gasteiger partial charge in [0.25, 0.3) is 0 Å². The third-order valence-electron chi connectivity index (χ3n) is 2.45. The number of ether oxygens (including phenoxy) is 1. The molecule has 2 aliphatic rings. The molecule has 0 saturated carbocycles. The number of epoxide rings is 1. The van der Waals surface area contributed by atoms with Crippen LogP contribution in [0.4, 0.5) is 4.39 Å². The highest BCUT2D eigenvalue weighted by molar-refractivity contribution is 5.39. The van der Waals surface area contributed by atoms with E-state index in [1.54, 1.807) is 6.07 Å². The van der Waals surface area contributed by atoms with Gasteiger partial charge in [0.1, 0.15) is 11.9 Å². The maximum absolute atomic E-state index is 13.0. The number of rotatable bonds is 0. The summed E-state index contributed by atoms with van der Waals surface area (Å²) in [4.78, 5) is 0. The summed E-state index contributed by atoms with van der Waals surface area (Å²) in [5.74, 6) is -0.0710. The third kappa shape index (κ3) is 0.627. The zero-order valence-electron chi connectivity index (χ0n) is 5.88. The summed E-state index contributed by atoms with van der Waals surface area (Å²) in [6.45, 7) is 0. The Labute approximate surface area is 63.8 Å². The molecule has 0 N–H and O–H groups in total. The van der Waals surface area contributed by atoms with E-state index < -0.39 is 0 Å². The van der Waals surface area contributed by atoms with E-state index in [4.69, 9.17) is 4.74 Å². The van der Waals surface area contributed by atoms with Gasteiger partial charge >= 0.3 is 0 Å². The highest BCUT2D eigenvalue weighted by Gasteiger charge is 2.47. The number of hydrogen-bond acceptors (Lipinski definition) is 1. The predicted octanol–water partition coefficient (Wildman–Crippen LogP) is 1.82. The summed E-state index contributed by atoms with van der Waals surface area (Å²) in [5.41, 5.74) is 1.93. The van der Waals surface area contributed by atoms with E-state index in [0.717, 1.165) is 17.5 Å². The minimum Gasteiger partial charge on any atom is -0.364 e. The standard InChI is InChI=1S/C9H7FO/c10-7-3-1-2-5-6(7)4-8-9(5)11-8/h1-3,8-9H,4H2/t8-,9+/m1/s1. The molecule has 11 heavy (non-hydrogen) atoms. The molecule has 1 heterocycles. The van der Waals surface area contributed by atoms with Gasteiger partial charge in [-0.15, -0.1) is 0 Å². The van der Waals surface area contributed by atoms with E-state index in [0.29, 0.717) is 6.10 Å². The molecule has 0 bridgehead atoms. The van der Waals surface area contributed by atoms with Gasteiger partial charge in [-0.25, -0.2) is 4.39 Å². The number of halogens is 1. The Hall–Kier alpha value is -0.890. The lowest BCUT2D eigenvalue weighted by Crippen LogP contribution is -1.92. The lowest BCUT2D eigenvalue weighted by atomic mass is 10.1. The van der Waals surface area contributed by atoms with Crippen LogP contribution in [0.15, 0.2) is 18.2 Å². The zero-order chi connectivity index (χ0) is 7.42. The molecule has 1 aliphatic heterocycles. The maximum atomic E-state index is 13.0. The predicted molar refractivity (Wildman–Crippen MR) is 37.7 cm³/mol. The highest BCUT2D eigenvalue weighted by atomic mass is 19.1. The first-order chi connectivity index (χ1) is 5.36. The van der Waals surface area contributed by atoms with E-state index in [9.17, 15) is 4.39 Å². The molecular weight excluding hydrogens is 143 g/mol. The van der Waals surface area contributed by atoms with E-state index in [2.05, 4.69) is 0 Å². The first kappa shape index (κ1) is 5.72. The lowest BCUT2D eigenvalue weighted by molar-refractivity contribution is 0.357. The van der Waals surface area contributed by atoms with Gasteiger partial charge in [0, 0.05) is 6.42 Å².